The van der Waals surface area contributed by atoms with Gasteiger partial charge in [0.05, 0.1) is 5.25 Å². The average molecular weight is 299 g/mol. The number of hydrogen-bond acceptors (Lipinski definition) is 3. The number of carbonyl (C=O) groups excluding carboxylic acids is 1. The van der Waals surface area contributed by atoms with Crippen molar-refractivity contribution in [1.29, 1.82) is 0 Å². The maximum absolute atomic E-state index is 12.8. The number of rotatable bonds is 6. The van der Waals surface area contributed by atoms with E-state index in [1.54, 1.807) is 0 Å². The fourth-order valence-corrected chi connectivity index (χ4v) is 3.17. The van der Waals surface area contributed by atoms with Gasteiger partial charge in [0.2, 0.25) is 5.91 Å². The summed E-state index contributed by atoms with van der Waals surface area (Å²) in [6.07, 6.45) is 2.19. The van der Waals surface area contributed by atoms with E-state index < -0.39 is 32.6 Å². The molecule has 0 spiro atoms. The van der Waals surface area contributed by atoms with Crippen molar-refractivity contribution >= 4 is 15.7 Å². The molecule has 1 aromatic carbocycles. The van der Waals surface area contributed by atoms with Gasteiger partial charge in [0.15, 0.2) is 9.84 Å². The molecule has 1 saturated carbocycles. The van der Waals surface area contributed by atoms with E-state index in [9.17, 15) is 17.6 Å². The summed E-state index contributed by atoms with van der Waals surface area (Å²) in [7, 11) is -3.59. The molecular formula is C14H18FNO3S. The number of amides is 1. The number of sulfone groups is 1. The fourth-order valence-electron chi connectivity index (χ4n) is 1.88. The highest BCUT2D eigenvalue weighted by molar-refractivity contribution is 7.92. The van der Waals surface area contributed by atoms with Crippen molar-refractivity contribution < 1.29 is 17.6 Å². The van der Waals surface area contributed by atoms with E-state index in [2.05, 4.69) is 5.32 Å². The van der Waals surface area contributed by atoms with Gasteiger partial charge in [-0.05, 0) is 43.4 Å². The Bertz CT molecular complexity index is 579. The second kappa shape index (κ2) is 5.91. The summed E-state index contributed by atoms with van der Waals surface area (Å²) in [6.45, 7) is 2.07. The summed E-state index contributed by atoms with van der Waals surface area (Å²) in [5.41, 5.74) is 0.487. The molecule has 2 rings (SSSR count). The topological polar surface area (TPSA) is 63.2 Å². The lowest BCUT2D eigenvalue weighted by Gasteiger charge is -2.13. The first-order valence-corrected chi connectivity index (χ1v) is 8.34. The minimum Gasteiger partial charge on any atom is -0.355 e. The van der Waals surface area contributed by atoms with Gasteiger partial charge in [-0.15, -0.1) is 0 Å². The first-order chi connectivity index (χ1) is 9.38. The minimum atomic E-state index is -3.59. The quantitative estimate of drug-likeness (QED) is 0.871. The van der Waals surface area contributed by atoms with Crippen LogP contribution in [0.3, 0.4) is 0 Å². The zero-order valence-corrected chi connectivity index (χ0v) is 12.1. The predicted molar refractivity (Wildman–Crippen MR) is 74.3 cm³/mol. The van der Waals surface area contributed by atoms with Crippen LogP contribution in [0.2, 0.25) is 0 Å². The van der Waals surface area contributed by atoms with Crippen LogP contribution in [0.25, 0.3) is 0 Å². The molecule has 20 heavy (non-hydrogen) atoms. The van der Waals surface area contributed by atoms with Gasteiger partial charge in [-0.1, -0.05) is 12.1 Å². The molecule has 0 saturated heterocycles. The Morgan fingerprint density at radius 1 is 1.35 bits per heavy atom. The van der Waals surface area contributed by atoms with Crippen molar-refractivity contribution in [2.24, 2.45) is 5.92 Å². The third-order valence-corrected chi connectivity index (χ3v) is 5.51. The molecule has 1 aromatic rings. The Morgan fingerprint density at radius 2 is 1.95 bits per heavy atom. The lowest BCUT2D eigenvalue weighted by atomic mass is 10.2. The van der Waals surface area contributed by atoms with Gasteiger partial charge in [0, 0.05) is 6.54 Å². The van der Waals surface area contributed by atoms with Crippen molar-refractivity contribution in [3.05, 3.63) is 35.6 Å². The van der Waals surface area contributed by atoms with E-state index in [1.807, 2.05) is 0 Å². The van der Waals surface area contributed by atoms with Crippen LogP contribution < -0.4 is 5.32 Å². The molecule has 0 radical (unpaired) electrons. The molecule has 0 heterocycles. The summed E-state index contributed by atoms with van der Waals surface area (Å²) < 4.78 is 37.1. The summed E-state index contributed by atoms with van der Waals surface area (Å²) in [5, 5.41) is 1.81. The molecule has 1 fully saturated rings. The average Bonchev–Trinajstić information content (AvgIpc) is 3.20. The van der Waals surface area contributed by atoms with Crippen molar-refractivity contribution in [1.82, 2.24) is 5.32 Å². The maximum atomic E-state index is 12.8. The SMILES string of the molecule is C[C@H](c1ccc(F)cc1)S(=O)(=O)CC(=O)NCC1CC1. The smallest absolute Gasteiger partial charge is 0.235 e. The first-order valence-electron chi connectivity index (χ1n) is 6.62. The van der Waals surface area contributed by atoms with Crippen molar-refractivity contribution in [2.45, 2.75) is 25.0 Å². The van der Waals surface area contributed by atoms with Crippen LogP contribution in [0, 0.1) is 11.7 Å². The highest BCUT2D eigenvalue weighted by Crippen LogP contribution is 2.27. The van der Waals surface area contributed by atoms with Crippen LogP contribution in [-0.4, -0.2) is 26.6 Å². The van der Waals surface area contributed by atoms with Gasteiger partial charge in [0.1, 0.15) is 11.6 Å². The molecule has 4 nitrogen and oxygen atoms in total. The molecule has 1 atom stereocenters. The summed E-state index contributed by atoms with van der Waals surface area (Å²) >= 11 is 0. The monoisotopic (exact) mass is 299 g/mol. The predicted octanol–water partition coefficient (Wildman–Crippen LogP) is 1.83. The Hall–Kier alpha value is -1.43. The highest BCUT2D eigenvalue weighted by atomic mass is 32.2. The van der Waals surface area contributed by atoms with E-state index in [1.165, 1.54) is 31.2 Å². The molecule has 1 N–H and O–H groups in total. The molecule has 0 unspecified atom stereocenters. The van der Waals surface area contributed by atoms with Crippen LogP contribution in [-0.2, 0) is 14.6 Å². The molecule has 0 aliphatic heterocycles. The third-order valence-electron chi connectivity index (χ3n) is 3.50. The minimum absolute atomic E-state index is 0.416. The summed E-state index contributed by atoms with van der Waals surface area (Å²) in [4.78, 5) is 11.6. The van der Waals surface area contributed by atoms with Crippen LogP contribution in [0.1, 0.15) is 30.6 Å². The van der Waals surface area contributed by atoms with Crippen molar-refractivity contribution in [3.63, 3.8) is 0 Å². The Balaban J connectivity index is 1.97. The second-order valence-electron chi connectivity index (χ2n) is 5.25. The lowest BCUT2D eigenvalue weighted by Crippen LogP contribution is -2.33. The second-order valence-corrected chi connectivity index (χ2v) is 7.57. The van der Waals surface area contributed by atoms with Crippen molar-refractivity contribution in [3.8, 4) is 0 Å². The van der Waals surface area contributed by atoms with Crippen molar-refractivity contribution in [2.75, 3.05) is 12.3 Å². The zero-order valence-electron chi connectivity index (χ0n) is 11.3. The molecule has 6 heteroatoms. The fraction of sp³-hybridized carbons (Fsp3) is 0.500. The number of nitrogens with one attached hydrogen (secondary N) is 1. The molecule has 0 bridgehead atoms. The normalized spacial score (nSPS) is 16.7. The van der Waals surface area contributed by atoms with Gasteiger partial charge >= 0.3 is 0 Å². The Kier molecular flexibility index (Phi) is 4.42. The van der Waals surface area contributed by atoms with E-state index in [-0.39, 0.29) is 0 Å². The number of carbonyl (C=O) groups is 1. The lowest BCUT2D eigenvalue weighted by molar-refractivity contribution is -0.118. The third kappa shape index (κ3) is 4.03. The Labute approximate surface area is 118 Å². The Morgan fingerprint density at radius 3 is 2.50 bits per heavy atom. The summed E-state index contributed by atoms with van der Waals surface area (Å²) in [5.74, 6) is -0.902. The van der Waals surface area contributed by atoms with Gasteiger partial charge < -0.3 is 5.32 Å². The zero-order chi connectivity index (χ0) is 14.8. The van der Waals surface area contributed by atoms with E-state index in [4.69, 9.17) is 0 Å². The highest BCUT2D eigenvalue weighted by Gasteiger charge is 2.27. The number of hydrogen-bond donors (Lipinski definition) is 1. The van der Waals surface area contributed by atoms with E-state index >= 15 is 0 Å². The number of benzene rings is 1. The standard InChI is InChI=1S/C14H18FNO3S/c1-10(12-4-6-13(15)7-5-12)20(18,19)9-14(17)16-8-11-2-3-11/h4-7,10-11H,2-3,8-9H2,1H3,(H,16,17)/t10-/m1/s1. The molecule has 110 valence electrons. The van der Waals surface area contributed by atoms with Crippen LogP contribution in [0.5, 0.6) is 0 Å². The molecule has 1 amide bonds. The van der Waals surface area contributed by atoms with Crippen LogP contribution in [0.4, 0.5) is 4.39 Å². The number of halogens is 1. The molecule has 0 aromatic heterocycles. The molecular weight excluding hydrogens is 281 g/mol. The van der Waals surface area contributed by atoms with Gasteiger partial charge in [-0.25, -0.2) is 12.8 Å². The van der Waals surface area contributed by atoms with E-state index in [0.29, 0.717) is 18.0 Å². The molecule has 1 aliphatic carbocycles. The van der Waals surface area contributed by atoms with Gasteiger partial charge in [0.25, 0.3) is 0 Å². The molecule has 1 aliphatic rings. The van der Waals surface area contributed by atoms with Gasteiger partial charge in [-0.2, -0.15) is 0 Å². The maximum Gasteiger partial charge on any atom is 0.235 e. The van der Waals surface area contributed by atoms with Crippen LogP contribution in [0.15, 0.2) is 24.3 Å². The van der Waals surface area contributed by atoms with Crippen LogP contribution >= 0.6 is 0 Å². The summed E-state index contributed by atoms with van der Waals surface area (Å²) in [6, 6.07) is 5.29. The first kappa shape index (κ1) is 15.0. The largest absolute Gasteiger partial charge is 0.355 e. The van der Waals surface area contributed by atoms with Gasteiger partial charge in [-0.3, -0.25) is 4.79 Å². The van der Waals surface area contributed by atoms with E-state index in [0.717, 1.165) is 12.8 Å².